The zero-order chi connectivity index (χ0) is 22.5. The highest BCUT2D eigenvalue weighted by molar-refractivity contribution is 7.20. The number of benzene rings is 2. The molecule has 3 aliphatic rings. The van der Waals surface area contributed by atoms with E-state index in [1.807, 2.05) is 41.3 Å². The number of carbonyl (C=O) groups is 2. The van der Waals surface area contributed by atoms with Gasteiger partial charge in [0.25, 0.3) is 5.19 Å². The first-order chi connectivity index (χ1) is 16.0. The van der Waals surface area contributed by atoms with Crippen molar-refractivity contribution in [3.63, 3.8) is 0 Å². The Morgan fingerprint density at radius 2 is 1.82 bits per heavy atom. The van der Waals surface area contributed by atoms with Gasteiger partial charge in [0.2, 0.25) is 5.91 Å². The minimum Gasteiger partial charge on any atom is -0.465 e. The summed E-state index contributed by atoms with van der Waals surface area (Å²) >= 11 is 1.54. The molecule has 2 atom stereocenters. The second-order valence-corrected chi connectivity index (χ2v) is 10.0. The number of carboxylic acid groups (broad SMARTS) is 1. The Morgan fingerprint density at radius 3 is 2.52 bits per heavy atom. The maximum absolute atomic E-state index is 12.8. The van der Waals surface area contributed by atoms with Crippen molar-refractivity contribution in [1.82, 2.24) is 19.7 Å². The van der Waals surface area contributed by atoms with Crippen LogP contribution in [0.5, 0.6) is 10.9 Å². The van der Waals surface area contributed by atoms with E-state index >= 15 is 0 Å². The molecular weight excluding hydrogens is 440 g/mol. The summed E-state index contributed by atoms with van der Waals surface area (Å²) in [5, 5.41) is 9.63. The summed E-state index contributed by atoms with van der Waals surface area (Å²) in [6, 6.07) is 16.7. The van der Waals surface area contributed by atoms with Gasteiger partial charge < -0.3 is 19.6 Å². The van der Waals surface area contributed by atoms with E-state index in [1.54, 1.807) is 0 Å². The van der Waals surface area contributed by atoms with Gasteiger partial charge >= 0.3 is 6.09 Å². The number of amides is 2. The summed E-state index contributed by atoms with van der Waals surface area (Å²) in [5.74, 6) is 0.723. The van der Waals surface area contributed by atoms with Crippen LogP contribution in [0.4, 0.5) is 4.79 Å². The van der Waals surface area contributed by atoms with Crippen LogP contribution in [-0.4, -0.2) is 75.1 Å². The number of hydrogen-bond acceptors (Lipinski definition) is 6. The minimum atomic E-state index is -0.940. The van der Waals surface area contributed by atoms with E-state index in [4.69, 9.17) is 9.84 Å². The number of para-hydroxylation sites is 1. The second kappa shape index (κ2) is 8.00. The molecule has 8 nitrogen and oxygen atoms in total. The monoisotopic (exact) mass is 464 g/mol. The molecular formula is C24H24N4O4S. The summed E-state index contributed by atoms with van der Waals surface area (Å²) in [7, 11) is 0. The van der Waals surface area contributed by atoms with E-state index in [0.717, 1.165) is 42.0 Å². The molecule has 0 unspecified atom stereocenters. The Hall–Kier alpha value is -3.17. The molecule has 1 aromatic heterocycles. The molecule has 0 saturated carbocycles. The van der Waals surface area contributed by atoms with Gasteiger partial charge in [-0.2, -0.15) is 0 Å². The maximum atomic E-state index is 12.8. The molecule has 3 fully saturated rings. The van der Waals surface area contributed by atoms with Crippen LogP contribution in [0.3, 0.4) is 0 Å². The van der Waals surface area contributed by atoms with Crippen LogP contribution in [-0.2, 0) is 11.3 Å². The molecule has 9 heteroatoms. The molecule has 1 N–H and O–H groups in total. The fourth-order valence-electron chi connectivity index (χ4n) is 5.13. The number of carbonyl (C=O) groups excluding carboxylic acids is 1. The number of nitrogens with zero attached hydrogens (tertiary/aromatic N) is 4. The number of thiazole rings is 1. The molecule has 0 radical (unpaired) electrons. The quantitative estimate of drug-likeness (QED) is 0.622. The molecule has 3 aromatic rings. The summed E-state index contributed by atoms with van der Waals surface area (Å²) in [4.78, 5) is 34.0. The van der Waals surface area contributed by atoms with E-state index in [2.05, 4.69) is 22.0 Å². The number of piperazine rings is 1. The van der Waals surface area contributed by atoms with Crippen molar-refractivity contribution in [1.29, 1.82) is 0 Å². The average Bonchev–Trinajstić information content (AvgIpc) is 3.47. The number of fused-ring (bicyclic) bond motifs is 3. The summed E-state index contributed by atoms with van der Waals surface area (Å²) in [6.45, 7) is 3.12. The van der Waals surface area contributed by atoms with E-state index in [-0.39, 0.29) is 17.9 Å². The highest BCUT2D eigenvalue weighted by Crippen LogP contribution is 2.35. The van der Waals surface area contributed by atoms with Crippen LogP contribution in [0, 0.1) is 5.92 Å². The summed E-state index contributed by atoms with van der Waals surface area (Å²) < 4.78 is 7.06. The summed E-state index contributed by atoms with van der Waals surface area (Å²) in [6.07, 6.45) is 0.0598. The predicted octanol–water partition coefficient (Wildman–Crippen LogP) is 3.48. The first kappa shape index (κ1) is 20.4. The van der Waals surface area contributed by atoms with Gasteiger partial charge in [-0.15, -0.1) is 0 Å². The van der Waals surface area contributed by atoms with Crippen molar-refractivity contribution in [2.24, 2.45) is 5.92 Å². The number of hydrogen-bond donors (Lipinski definition) is 1. The third-order valence-electron chi connectivity index (χ3n) is 6.93. The Labute approximate surface area is 195 Å². The highest BCUT2D eigenvalue weighted by Gasteiger charge is 2.48. The largest absolute Gasteiger partial charge is 0.465 e. The van der Waals surface area contributed by atoms with Gasteiger partial charge in [0.15, 0.2) is 0 Å². The average molecular weight is 465 g/mol. The molecule has 2 bridgehead atoms. The Kier molecular flexibility index (Phi) is 4.95. The number of aromatic nitrogens is 1. The van der Waals surface area contributed by atoms with Crippen LogP contribution in [0.1, 0.15) is 12.0 Å². The van der Waals surface area contributed by atoms with Crippen molar-refractivity contribution >= 4 is 33.6 Å². The molecule has 6 rings (SSSR count). The van der Waals surface area contributed by atoms with Gasteiger partial charge in [0.1, 0.15) is 5.75 Å². The molecule has 33 heavy (non-hydrogen) atoms. The van der Waals surface area contributed by atoms with E-state index in [1.165, 1.54) is 21.8 Å². The van der Waals surface area contributed by atoms with Gasteiger partial charge in [0.05, 0.1) is 16.1 Å². The van der Waals surface area contributed by atoms with Crippen LogP contribution < -0.4 is 4.74 Å². The number of ether oxygens (including phenoxy) is 1. The Morgan fingerprint density at radius 1 is 1.03 bits per heavy atom. The molecule has 2 amide bonds. The van der Waals surface area contributed by atoms with E-state index in [9.17, 15) is 9.59 Å². The predicted molar refractivity (Wildman–Crippen MR) is 124 cm³/mol. The van der Waals surface area contributed by atoms with Crippen molar-refractivity contribution in [2.45, 2.75) is 25.0 Å². The smallest absolute Gasteiger partial charge is 0.407 e. The second-order valence-electron chi connectivity index (χ2n) is 9.04. The van der Waals surface area contributed by atoms with Gasteiger partial charge in [-0.3, -0.25) is 9.69 Å². The normalized spacial score (nSPS) is 22.7. The first-order valence-electron chi connectivity index (χ1n) is 11.2. The van der Waals surface area contributed by atoms with Gasteiger partial charge in [0, 0.05) is 44.8 Å². The Balaban J connectivity index is 1.03. The SMILES string of the molecule is O=C(O)N1CC(C(=O)N2C[C@@H]3C[C@H]2CN3Cc2ccc(Oc3nc4ccccc4s3)cc2)C1. The van der Waals surface area contributed by atoms with Crippen molar-refractivity contribution in [3.05, 3.63) is 54.1 Å². The molecule has 0 aliphatic carbocycles. The fraction of sp³-hybridized carbons (Fsp3) is 0.375. The first-order valence-corrected chi connectivity index (χ1v) is 12.0. The summed E-state index contributed by atoms with van der Waals surface area (Å²) in [5.41, 5.74) is 2.16. The zero-order valence-electron chi connectivity index (χ0n) is 18.0. The third kappa shape index (κ3) is 3.81. The third-order valence-corrected chi connectivity index (χ3v) is 7.84. The fourth-order valence-corrected chi connectivity index (χ4v) is 5.97. The van der Waals surface area contributed by atoms with Crippen LogP contribution in [0.15, 0.2) is 48.5 Å². The topological polar surface area (TPSA) is 86.2 Å². The zero-order valence-corrected chi connectivity index (χ0v) is 18.8. The highest BCUT2D eigenvalue weighted by atomic mass is 32.1. The minimum absolute atomic E-state index is 0.121. The lowest BCUT2D eigenvalue weighted by atomic mass is 9.98. The Bertz CT molecular complexity index is 1170. The molecule has 0 spiro atoms. The lowest BCUT2D eigenvalue weighted by Crippen LogP contribution is -2.58. The van der Waals surface area contributed by atoms with Crippen LogP contribution in [0.25, 0.3) is 10.2 Å². The van der Waals surface area contributed by atoms with E-state index < -0.39 is 6.09 Å². The van der Waals surface area contributed by atoms with Crippen LogP contribution in [0.2, 0.25) is 0 Å². The molecule has 170 valence electrons. The molecule has 2 aromatic carbocycles. The van der Waals surface area contributed by atoms with E-state index in [0.29, 0.717) is 24.3 Å². The van der Waals surface area contributed by atoms with Crippen LogP contribution >= 0.6 is 11.3 Å². The van der Waals surface area contributed by atoms with Crippen molar-refractivity contribution in [2.75, 3.05) is 26.2 Å². The van der Waals surface area contributed by atoms with Crippen molar-refractivity contribution < 1.29 is 19.4 Å². The number of rotatable bonds is 5. The molecule has 4 heterocycles. The van der Waals surface area contributed by atoms with Crippen molar-refractivity contribution in [3.8, 4) is 10.9 Å². The van der Waals surface area contributed by atoms with Gasteiger partial charge in [-0.1, -0.05) is 35.6 Å². The molecule has 3 aliphatic heterocycles. The number of likely N-dealkylation sites (tertiary alicyclic amines) is 3. The molecule has 3 saturated heterocycles. The lowest BCUT2D eigenvalue weighted by molar-refractivity contribution is -0.142. The van der Waals surface area contributed by atoms with Gasteiger partial charge in [-0.05, 0) is 36.2 Å². The van der Waals surface area contributed by atoms with Gasteiger partial charge in [-0.25, -0.2) is 9.78 Å². The maximum Gasteiger partial charge on any atom is 0.407 e. The standard InChI is InChI=1S/C24H24N4O4S/c29-22(16-11-27(12-16)24(30)31)28-14-17-9-18(28)13-26(17)10-15-5-7-19(8-6-15)32-23-25-20-3-1-2-4-21(20)33-23/h1-8,16-18H,9-14H2,(H,30,31)/t17-,18-/m0/s1. The lowest BCUT2D eigenvalue weighted by Gasteiger charge is -2.41.